The third-order valence-electron chi connectivity index (χ3n) is 6.19. The van der Waals surface area contributed by atoms with Crippen molar-refractivity contribution in [2.75, 3.05) is 25.9 Å². The molecule has 0 spiro atoms. The third-order valence-corrected chi connectivity index (χ3v) is 7.05. The molecule has 0 saturated heterocycles. The van der Waals surface area contributed by atoms with Crippen molar-refractivity contribution in [2.45, 2.75) is 31.6 Å². The summed E-state index contributed by atoms with van der Waals surface area (Å²) >= 11 is 0. The maximum atomic E-state index is 12.2. The summed E-state index contributed by atoms with van der Waals surface area (Å²) < 4.78 is 23.2. The van der Waals surface area contributed by atoms with E-state index in [1.54, 1.807) is 6.08 Å². The standard InChI is InChI=1S/C28H32N2O3S/c1-34(32,33)21-23-9-12-25-14-17-30(20-27(25)19-23)16-5-4-15-29-28(31)13-10-22-8-11-24-6-2-3-7-26(24)18-22/h2-3,6-13,18-19H,4-5,14-17,20-21H2,1H3,(H,29,31). The van der Waals surface area contributed by atoms with E-state index in [4.69, 9.17) is 0 Å². The molecule has 1 aliphatic rings. The first kappa shape index (κ1) is 24.2. The SMILES string of the molecule is CS(=O)(=O)Cc1ccc2c(c1)CN(CCCCNC(=O)C=Cc1ccc3ccccc3c1)CC2. The summed E-state index contributed by atoms with van der Waals surface area (Å²) in [7, 11) is -3.03. The molecule has 1 heterocycles. The van der Waals surface area contributed by atoms with Gasteiger partial charge in [0, 0.05) is 32.0 Å². The number of hydrogen-bond acceptors (Lipinski definition) is 4. The minimum Gasteiger partial charge on any atom is -0.353 e. The number of nitrogens with zero attached hydrogens (tertiary/aromatic N) is 1. The molecule has 0 aromatic heterocycles. The zero-order chi connectivity index (χ0) is 24.0. The van der Waals surface area contributed by atoms with E-state index in [0.29, 0.717) is 6.54 Å². The predicted octanol–water partition coefficient (Wildman–Crippen LogP) is 4.35. The molecule has 0 saturated carbocycles. The molecule has 178 valence electrons. The molecule has 6 heteroatoms. The molecule has 0 aliphatic carbocycles. The van der Waals surface area contributed by atoms with E-state index in [1.807, 2.05) is 36.4 Å². The Kier molecular flexibility index (Phi) is 7.80. The van der Waals surface area contributed by atoms with Gasteiger partial charge in [-0.05, 0) is 71.0 Å². The summed E-state index contributed by atoms with van der Waals surface area (Å²) in [4.78, 5) is 14.6. The molecule has 0 atom stereocenters. The molecular formula is C28H32N2O3S. The van der Waals surface area contributed by atoms with Gasteiger partial charge in [-0.1, -0.05) is 54.6 Å². The Morgan fingerprint density at radius 1 is 1.00 bits per heavy atom. The molecule has 0 radical (unpaired) electrons. The van der Waals surface area contributed by atoms with Crippen LogP contribution in [0.25, 0.3) is 16.8 Å². The maximum Gasteiger partial charge on any atom is 0.243 e. The number of fused-ring (bicyclic) bond motifs is 2. The lowest BCUT2D eigenvalue weighted by Crippen LogP contribution is -2.32. The Balaban J connectivity index is 1.18. The first-order chi connectivity index (χ1) is 16.4. The first-order valence-corrected chi connectivity index (χ1v) is 13.9. The van der Waals surface area contributed by atoms with Crippen LogP contribution in [0.3, 0.4) is 0 Å². The highest BCUT2D eigenvalue weighted by molar-refractivity contribution is 7.89. The van der Waals surface area contributed by atoms with Crippen molar-refractivity contribution in [1.29, 1.82) is 0 Å². The summed E-state index contributed by atoms with van der Waals surface area (Å²) in [5, 5.41) is 5.33. The summed E-state index contributed by atoms with van der Waals surface area (Å²) in [6.07, 6.45) is 7.65. The van der Waals surface area contributed by atoms with Crippen LogP contribution < -0.4 is 5.32 Å². The highest BCUT2D eigenvalue weighted by atomic mass is 32.2. The van der Waals surface area contributed by atoms with Gasteiger partial charge in [-0.2, -0.15) is 0 Å². The summed E-state index contributed by atoms with van der Waals surface area (Å²) in [5.41, 5.74) is 4.43. The molecule has 0 bridgehead atoms. The molecule has 34 heavy (non-hydrogen) atoms. The van der Waals surface area contributed by atoms with Gasteiger partial charge in [-0.3, -0.25) is 9.69 Å². The van der Waals surface area contributed by atoms with Crippen LogP contribution in [0, 0.1) is 0 Å². The second kappa shape index (κ2) is 11.0. The highest BCUT2D eigenvalue weighted by Gasteiger charge is 2.17. The molecule has 3 aromatic rings. The van der Waals surface area contributed by atoms with Crippen molar-refractivity contribution in [3.05, 3.63) is 89.0 Å². The van der Waals surface area contributed by atoms with Crippen LogP contribution in [-0.4, -0.2) is 45.1 Å². The number of rotatable bonds is 9. The number of hydrogen-bond donors (Lipinski definition) is 1. The molecule has 1 N–H and O–H groups in total. The van der Waals surface area contributed by atoms with E-state index in [0.717, 1.165) is 55.4 Å². The molecule has 0 fully saturated rings. The van der Waals surface area contributed by atoms with E-state index >= 15 is 0 Å². The van der Waals surface area contributed by atoms with E-state index in [1.165, 1.54) is 22.8 Å². The van der Waals surface area contributed by atoms with Gasteiger partial charge >= 0.3 is 0 Å². The highest BCUT2D eigenvalue weighted by Crippen LogP contribution is 2.22. The third kappa shape index (κ3) is 7.02. The van der Waals surface area contributed by atoms with E-state index in [9.17, 15) is 13.2 Å². The molecule has 1 aliphatic heterocycles. The van der Waals surface area contributed by atoms with Gasteiger partial charge in [0.15, 0.2) is 9.84 Å². The first-order valence-electron chi connectivity index (χ1n) is 11.8. The minimum absolute atomic E-state index is 0.0709. The van der Waals surface area contributed by atoms with Gasteiger partial charge in [0.1, 0.15) is 0 Å². The van der Waals surface area contributed by atoms with Gasteiger partial charge in [0.25, 0.3) is 0 Å². The fourth-order valence-electron chi connectivity index (χ4n) is 4.47. The lowest BCUT2D eigenvalue weighted by Gasteiger charge is -2.29. The zero-order valence-corrected chi connectivity index (χ0v) is 20.5. The Labute approximate surface area is 202 Å². The van der Waals surface area contributed by atoms with Crippen LogP contribution in [-0.2, 0) is 33.4 Å². The average Bonchev–Trinajstić information content (AvgIpc) is 2.81. The van der Waals surface area contributed by atoms with Crippen molar-refractivity contribution in [1.82, 2.24) is 10.2 Å². The topological polar surface area (TPSA) is 66.5 Å². The van der Waals surface area contributed by atoms with Crippen LogP contribution in [0.2, 0.25) is 0 Å². The Hall–Kier alpha value is -2.96. The minimum atomic E-state index is -3.03. The smallest absolute Gasteiger partial charge is 0.243 e. The van der Waals surface area contributed by atoms with E-state index in [-0.39, 0.29) is 11.7 Å². The van der Waals surface area contributed by atoms with Crippen molar-refractivity contribution >= 4 is 32.6 Å². The number of benzene rings is 3. The van der Waals surface area contributed by atoms with E-state index in [2.05, 4.69) is 40.5 Å². The predicted molar refractivity (Wildman–Crippen MR) is 139 cm³/mol. The molecule has 0 unspecified atom stereocenters. The normalized spacial score (nSPS) is 14.4. The summed E-state index contributed by atoms with van der Waals surface area (Å²) in [5.74, 6) is 0.0217. The number of sulfone groups is 1. The number of unbranched alkanes of at least 4 members (excludes halogenated alkanes) is 1. The van der Waals surface area contributed by atoms with Crippen molar-refractivity contribution < 1.29 is 13.2 Å². The monoisotopic (exact) mass is 476 g/mol. The van der Waals surface area contributed by atoms with Crippen molar-refractivity contribution in [3.63, 3.8) is 0 Å². The second-order valence-electron chi connectivity index (χ2n) is 9.14. The molecule has 3 aromatic carbocycles. The second-order valence-corrected chi connectivity index (χ2v) is 11.3. The lowest BCUT2D eigenvalue weighted by atomic mass is 9.97. The van der Waals surface area contributed by atoms with Gasteiger partial charge in [0.2, 0.25) is 5.91 Å². The van der Waals surface area contributed by atoms with Gasteiger partial charge < -0.3 is 5.32 Å². The van der Waals surface area contributed by atoms with Crippen LogP contribution >= 0.6 is 0 Å². The summed E-state index contributed by atoms with van der Waals surface area (Å²) in [6.45, 7) is 3.50. The van der Waals surface area contributed by atoms with Gasteiger partial charge in [0.05, 0.1) is 5.75 Å². The fourth-order valence-corrected chi connectivity index (χ4v) is 5.25. The van der Waals surface area contributed by atoms with Gasteiger partial charge in [-0.15, -0.1) is 0 Å². The summed E-state index contributed by atoms with van der Waals surface area (Å²) in [6, 6.07) is 20.4. The van der Waals surface area contributed by atoms with Crippen molar-refractivity contribution in [2.24, 2.45) is 0 Å². The molecule has 1 amide bonds. The Morgan fingerprint density at radius 3 is 2.65 bits per heavy atom. The largest absolute Gasteiger partial charge is 0.353 e. The lowest BCUT2D eigenvalue weighted by molar-refractivity contribution is -0.116. The zero-order valence-electron chi connectivity index (χ0n) is 19.7. The number of carbonyl (C=O) groups is 1. The Bertz CT molecular complexity index is 1300. The van der Waals surface area contributed by atoms with Crippen LogP contribution in [0.15, 0.2) is 66.7 Å². The molecular weight excluding hydrogens is 444 g/mol. The number of nitrogens with one attached hydrogen (secondary N) is 1. The van der Waals surface area contributed by atoms with E-state index < -0.39 is 9.84 Å². The Morgan fingerprint density at radius 2 is 1.82 bits per heavy atom. The fraction of sp³-hybridized carbons (Fsp3) is 0.321. The van der Waals surface area contributed by atoms with Crippen LogP contribution in [0.1, 0.15) is 35.1 Å². The average molecular weight is 477 g/mol. The molecule has 5 nitrogen and oxygen atoms in total. The number of amides is 1. The number of carbonyl (C=O) groups excluding carboxylic acids is 1. The molecule has 4 rings (SSSR count). The van der Waals surface area contributed by atoms with Crippen molar-refractivity contribution in [3.8, 4) is 0 Å². The van der Waals surface area contributed by atoms with Gasteiger partial charge in [-0.25, -0.2) is 8.42 Å². The van der Waals surface area contributed by atoms with Crippen LogP contribution in [0.4, 0.5) is 0 Å². The van der Waals surface area contributed by atoms with Crippen LogP contribution in [0.5, 0.6) is 0 Å². The maximum absolute atomic E-state index is 12.2. The quantitative estimate of drug-likeness (QED) is 0.368.